The number of imidazole rings is 1. The summed E-state index contributed by atoms with van der Waals surface area (Å²) in [6.45, 7) is 4.67. The number of hydrogen-bond donors (Lipinski definition) is 1. The minimum Gasteiger partial charge on any atom is -0.247 e. The lowest BCUT2D eigenvalue weighted by atomic mass is 10.0. The third-order valence-corrected chi connectivity index (χ3v) is 5.99. The second kappa shape index (κ2) is 15.3. The van der Waals surface area contributed by atoms with Crippen molar-refractivity contribution in [3.63, 3.8) is 0 Å². The fourth-order valence-electron chi connectivity index (χ4n) is 4.18. The Hall–Kier alpha value is -1.57. The lowest BCUT2D eigenvalue weighted by Gasteiger charge is -2.05. The third kappa shape index (κ3) is 10.7. The summed E-state index contributed by atoms with van der Waals surface area (Å²) in [6, 6.07) is 10.6. The number of nitrogens with one attached hydrogen (secondary N) is 1. The van der Waals surface area contributed by atoms with Crippen LogP contribution in [0.3, 0.4) is 0 Å². The van der Waals surface area contributed by atoms with E-state index in [9.17, 15) is 0 Å². The SMILES string of the molecule is CC(C)CCCCCCCCCCCCCCCc1[nH]cc[n+]1-c1ccccc1. The Labute approximate surface area is 180 Å². The maximum atomic E-state index is 3.42. The van der Waals surface area contributed by atoms with E-state index < -0.39 is 0 Å². The van der Waals surface area contributed by atoms with E-state index in [0.29, 0.717) is 0 Å². The molecule has 0 radical (unpaired) electrons. The van der Waals surface area contributed by atoms with Crippen LogP contribution in [0.2, 0.25) is 0 Å². The zero-order valence-electron chi connectivity index (χ0n) is 19.2. The molecule has 29 heavy (non-hydrogen) atoms. The first kappa shape index (κ1) is 23.7. The van der Waals surface area contributed by atoms with E-state index in [1.165, 1.54) is 101 Å². The van der Waals surface area contributed by atoms with Crippen molar-refractivity contribution >= 4 is 0 Å². The molecule has 0 amide bonds. The van der Waals surface area contributed by atoms with E-state index in [0.717, 1.165) is 12.3 Å². The van der Waals surface area contributed by atoms with Crippen molar-refractivity contribution in [3.8, 4) is 5.69 Å². The van der Waals surface area contributed by atoms with Crippen LogP contribution in [0.15, 0.2) is 42.7 Å². The molecule has 0 saturated heterocycles. The quantitative estimate of drug-likeness (QED) is 0.206. The average Bonchev–Trinajstić information content (AvgIpc) is 3.20. The van der Waals surface area contributed by atoms with Crippen LogP contribution in [0.4, 0.5) is 0 Å². The lowest BCUT2D eigenvalue weighted by Crippen LogP contribution is -2.32. The number of nitrogens with zero attached hydrogens (tertiary/aromatic N) is 1. The Morgan fingerprint density at radius 3 is 1.76 bits per heavy atom. The fourth-order valence-corrected chi connectivity index (χ4v) is 4.18. The number of benzene rings is 1. The van der Waals surface area contributed by atoms with Crippen molar-refractivity contribution in [1.82, 2.24) is 4.98 Å². The lowest BCUT2D eigenvalue weighted by molar-refractivity contribution is -0.603. The van der Waals surface area contributed by atoms with Crippen molar-refractivity contribution in [2.75, 3.05) is 0 Å². The number of aromatic nitrogens is 2. The predicted octanol–water partition coefficient (Wildman–Crippen LogP) is 7.95. The molecule has 0 fully saturated rings. The van der Waals surface area contributed by atoms with E-state index >= 15 is 0 Å². The van der Waals surface area contributed by atoms with E-state index in [4.69, 9.17) is 0 Å². The summed E-state index contributed by atoms with van der Waals surface area (Å²) in [4.78, 5) is 3.42. The van der Waals surface area contributed by atoms with Gasteiger partial charge in [0.2, 0.25) is 0 Å². The van der Waals surface area contributed by atoms with Gasteiger partial charge in [-0.25, -0.2) is 4.98 Å². The van der Waals surface area contributed by atoms with Crippen LogP contribution in [-0.4, -0.2) is 4.98 Å². The van der Waals surface area contributed by atoms with Gasteiger partial charge >= 0.3 is 0 Å². The van der Waals surface area contributed by atoms with Gasteiger partial charge in [0, 0.05) is 6.42 Å². The summed E-state index contributed by atoms with van der Waals surface area (Å²) in [7, 11) is 0. The molecule has 1 heterocycles. The normalized spacial score (nSPS) is 11.4. The second-order valence-corrected chi connectivity index (χ2v) is 9.14. The standard InChI is InChI=1S/C27H44N2/c1-25(2)19-15-12-10-8-6-4-3-5-7-9-11-13-18-22-27-28-23-24-29(27)26-20-16-14-17-21-26/h14,16-17,20-21,23-25H,3-13,15,18-19,22H2,1-2H3/p+1. The molecule has 0 saturated carbocycles. The summed E-state index contributed by atoms with van der Waals surface area (Å²) in [5.41, 5.74) is 1.25. The van der Waals surface area contributed by atoms with E-state index in [1.807, 2.05) is 6.20 Å². The Kier molecular flexibility index (Phi) is 12.5. The van der Waals surface area contributed by atoms with Crippen LogP contribution in [-0.2, 0) is 6.42 Å². The summed E-state index contributed by atoms with van der Waals surface area (Å²) >= 11 is 0. The van der Waals surface area contributed by atoms with Gasteiger partial charge in [0.15, 0.2) is 0 Å². The molecule has 2 nitrogen and oxygen atoms in total. The van der Waals surface area contributed by atoms with Crippen molar-refractivity contribution in [2.24, 2.45) is 5.92 Å². The van der Waals surface area contributed by atoms with E-state index in [-0.39, 0.29) is 0 Å². The number of rotatable bonds is 17. The van der Waals surface area contributed by atoms with Crippen molar-refractivity contribution in [2.45, 2.75) is 110 Å². The van der Waals surface area contributed by atoms with Gasteiger partial charge in [-0.2, -0.15) is 4.57 Å². The van der Waals surface area contributed by atoms with E-state index in [2.05, 4.69) is 59.9 Å². The minimum atomic E-state index is 0.883. The Morgan fingerprint density at radius 1 is 0.690 bits per heavy atom. The Bertz CT molecular complexity index is 614. The van der Waals surface area contributed by atoms with Gasteiger partial charge in [-0.05, 0) is 24.5 Å². The van der Waals surface area contributed by atoms with Crippen LogP contribution in [0.5, 0.6) is 0 Å². The van der Waals surface area contributed by atoms with Gasteiger partial charge < -0.3 is 0 Å². The first-order chi connectivity index (χ1) is 14.3. The van der Waals surface area contributed by atoms with Gasteiger partial charge in [-0.3, -0.25) is 0 Å². The fraction of sp³-hybridized carbons (Fsp3) is 0.667. The molecule has 0 aliphatic heterocycles. The number of para-hydroxylation sites is 1. The highest BCUT2D eigenvalue weighted by Crippen LogP contribution is 2.14. The molecule has 2 heteroatoms. The molecule has 1 aromatic heterocycles. The molecule has 2 rings (SSSR count). The van der Waals surface area contributed by atoms with Gasteiger partial charge in [0.25, 0.3) is 5.82 Å². The van der Waals surface area contributed by atoms with Crippen LogP contribution in [0.1, 0.15) is 110 Å². The summed E-state index contributed by atoms with van der Waals surface area (Å²) < 4.78 is 2.28. The summed E-state index contributed by atoms with van der Waals surface area (Å²) in [6.07, 6.45) is 25.2. The highest BCUT2D eigenvalue weighted by Gasteiger charge is 2.11. The topological polar surface area (TPSA) is 19.7 Å². The van der Waals surface area contributed by atoms with Gasteiger partial charge in [0.1, 0.15) is 18.1 Å². The zero-order chi connectivity index (χ0) is 20.6. The van der Waals surface area contributed by atoms with Gasteiger partial charge in [0.05, 0.1) is 0 Å². The maximum absolute atomic E-state index is 3.42. The molecule has 0 unspecified atom stereocenters. The van der Waals surface area contributed by atoms with Crippen LogP contribution >= 0.6 is 0 Å². The zero-order valence-corrected chi connectivity index (χ0v) is 19.2. The van der Waals surface area contributed by atoms with Crippen LogP contribution < -0.4 is 4.57 Å². The molecule has 0 bridgehead atoms. The monoisotopic (exact) mass is 397 g/mol. The van der Waals surface area contributed by atoms with Crippen molar-refractivity contribution in [1.29, 1.82) is 0 Å². The molecular formula is C27H45N2+. The number of unbranched alkanes of at least 4 members (excludes halogenated alkanes) is 12. The first-order valence-electron chi connectivity index (χ1n) is 12.4. The second-order valence-electron chi connectivity index (χ2n) is 9.14. The number of hydrogen-bond acceptors (Lipinski definition) is 0. The molecule has 0 aliphatic carbocycles. The van der Waals surface area contributed by atoms with Crippen LogP contribution in [0, 0.1) is 5.92 Å². The maximum Gasteiger partial charge on any atom is 0.259 e. The van der Waals surface area contributed by atoms with E-state index in [1.54, 1.807) is 0 Å². The molecule has 162 valence electrons. The number of aromatic amines is 1. The Morgan fingerprint density at radius 2 is 1.21 bits per heavy atom. The smallest absolute Gasteiger partial charge is 0.247 e. The molecule has 0 aliphatic rings. The van der Waals surface area contributed by atoms with Gasteiger partial charge in [-0.15, -0.1) is 0 Å². The Balaban J connectivity index is 1.39. The largest absolute Gasteiger partial charge is 0.259 e. The number of aryl methyl sites for hydroxylation is 1. The summed E-state index contributed by atoms with van der Waals surface area (Å²) in [5, 5.41) is 0. The molecular weight excluding hydrogens is 352 g/mol. The van der Waals surface area contributed by atoms with Crippen molar-refractivity contribution in [3.05, 3.63) is 48.5 Å². The van der Waals surface area contributed by atoms with Gasteiger partial charge in [-0.1, -0.05) is 116 Å². The number of H-pyrrole nitrogens is 1. The van der Waals surface area contributed by atoms with Crippen molar-refractivity contribution < 1.29 is 4.57 Å². The molecule has 0 spiro atoms. The third-order valence-electron chi connectivity index (χ3n) is 5.99. The summed E-state index contributed by atoms with van der Waals surface area (Å²) in [5.74, 6) is 2.20. The molecule has 0 atom stereocenters. The highest BCUT2D eigenvalue weighted by atomic mass is 15.1. The highest BCUT2D eigenvalue weighted by molar-refractivity contribution is 5.21. The predicted molar refractivity (Wildman–Crippen MR) is 126 cm³/mol. The first-order valence-corrected chi connectivity index (χ1v) is 12.4. The van der Waals surface area contributed by atoms with Crippen LogP contribution in [0.25, 0.3) is 5.69 Å². The molecule has 1 N–H and O–H groups in total. The molecule has 1 aromatic carbocycles. The minimum absolute atomic E-state index is 0.883. The average molecular weight is 398 g/mol. The molecule has 2 aromatic rings.